The molecule has 2 rings (SSSR count). The van der Waals surface area contributed by atoms with Gasteiger partial charge in [0.05, 0.1) is 12.8 Å². The average molecular weight is 280 g/mol. The Morgan fingerprint density at radius 3 is 2.75 bits per heavy atom. The van der Waals surface area contributed by atoms with E-state index in [0.29, 0.717) is 32.0 Å². The normalized spacial score (nSPS) is 16.1. The van der Waals surface area contributed by atoms with Crippen molar-refractivity contribution in [2.45, 2.75) is 32.2 Å². The monoisotopic (exact) mass is 280 g/mol. The Labute approximate surface area is 117 Å². The predicted molar refractivity (Wildman–Crippen MR) is 72.1 cm³/mol. The highest BCUT2D eigenvalue weighted by Gasteiger charge is 2.23. The molecule has 0 spiro atoms. The molecule has 0 unspecified atom stereocenters. The van der Waals surface area contributed by atoms with Crippen molar-refractivity contribution in [1.82, 2.24) is 10.2 Å². The van der Waals surface area contributed by atoms with Crippen LogP contribution in [0.5, 0.6) is 0 Å². The van der Waals surface area contributed by atoms with E-state index in [9.17, 15) is 9.59 Å². The van der Waals surface area contributed by atoms with Gasteiger partial charge in [-0.05, 0) is 37.3 Å². The van der Waals surface area contributed by atoms with Gasteiger partial charge in [-0.25, -0.2) is 4.79 Å². The Kier molecular flexibility index (Phi) is 5.03. The Balaban J connectivity index is 1.67. The van der Waals surface area contributed by atoms with Crippen molar-refractivity contribution in [2.75, 3.05) is 13.1 Å². The maximum Gasteiger partial charge on any atom is 0.317 e. The molecule has 0 aromatic carbocycles. The first-order valence-corrected chi connectivity index (χ1v) is 6.92. The van der Waals surface area contributed by atoms with Crippen LogP contribution in [0.4, 0.5) is 4.79 Å². The lowest BCUT2D eigenvalue weighted by Crippen LogP contribution is -2.44. The van der Waals surface area contributed by atoms with Crippen LogP contribution in [0.1, 0.15) is 31.4 Å². The standard InChI is InChI=1S/C14H20N2O4/c17-13(18)4-3-11-5-7-16(8-6-11)14(19)15-10-12-2-1-9-20-12/h1-2,9,11H,3-8,10H2,(H,15,19)(H,17,18). The zero-order chi connectivity index (χ0) is 14.4. The summed E-state index contributed by atoms with van der Waals surface area (Å²) in [7, 11) is 0. The molecule has 2 amide bonds. The van der Waals surface area contributed by atoms with E-state index in [0.717, 1.165) is 18.6 Å². The molecule has 0 bridgehead atoms. The summed E-state index contributed by atoms with van der Waals surface area (Å²) in [6, 6.07) is 3.52. The number of furan rings is 1. The van der Waals surface area contributed by atoms with Crippen LogP contribution in [0.25, 0.3) is 0 Å². The summed E-state index contributed by atoms with van der Waals surface area (Å²) in [4.78, 5) is 24.3. The van der Waals surface area contributed by atoms with E-state index in [2.05, 4.69) is 5.32 Å². The lowest BCUT2D eigenvalue weighted by atomic mass is 9.92. The highest BCUT2D eigenvalue weighted by atomic mass is 16.4. The van der Waals surface area contributed by atoms with Crippen LogP contribution in [-0.4, -0.2) is 35.1 Å². The van der Waals surface area contributed by atoms with Gasteiger partial charge >= 0.3 is 12.0 Å². The molecule has 6 nitrogen and oxygen atoms in total. The quantitative estimate of drug-likeness (QED) is 0.865. The Morgan fingerprint density at radius 1 is 1.40 bits per heavy atom. The highest BCUT2D eigenvalue weighted by Crippen LogP contribution is 2.21. The summed E-state index contributed by atoms with van der Waals surface area (Å²) >= 11 is 0. The van der Waals surface area contributed by atoms with Crippen LogP contribution in [0.15, 0.2) is 22.8 Å². The van der Waals surface area contributed by atoms with Crippen LogP contribution in [0.3, 0.4) is 0 Å². The van der Waals surface area contributed by atoms with E-state index in [1.165, 1.54) is 0 Å². The number of carboxylic acid groups (broad SMARTS) is 1. The van der Waals surface area contributed by atoms with Crippen molar-refractivity contribution < 1.29 is 19.1 Å². The number of likely N-dealkylation sites (tertiary alicyclic amines) is 1. The van der Waals surface area contributed by atoms with Gasteiger partial charge in [-0.15, -0.1) is 0 Å². The van der Waals surface area contributed by atoms with E-state index in [1.807, 2.05) is 6.07 Å². The van der Waals surface area contributed by atoms with Gasteiger partial charge in [0, 0.05) is 19.5 Å². The minimum atomic E-state index is -0.747. The van der Waals surface area contributed by atoms with Gasteiger partial charge in [0.15, 0.2) is 0 Å². The number of nitrogens with zero attached hydrogens (tertiary/aromatic N) is 1. The second kappa shape index (κ2) is 6.98. The largest absolute Gasteiger partial charge is 0.481 e. The number of carboxylic acids is 1. The molecule has 0 aliphatic carbocycles. The summed E-state index contributed by atoms with van der Waals surface area (Å²) in [5, 5.41) is 11.5. The molecular weight excluding hydrogens is 260 g/mol. The van der Waals surface area contributed by atoms with Gasteiger partial charge in [-0.1, -0.05) is 0 Å². The second-order valence-electron chi connectivity index (χ2n) is 5.10. The number of rotatable bonds is 5. The molecule has 0 atom stereocenters. The van der Waals surface area contributed by atoms with Gasteiger partial charge in [0.2, 0.25) is 0 Å². The predicted octanol–water partition coefficient (Wildman–Crippen LogP) is 2.07. The summed E-state index contributed by atoms with van der Waals surface area (Å²) in [6.07, 6.45) is 4.25. The maximum atomic E-state index is 11.9. The van der Waals surface area contributed by atoms with Crippen LogP contribution < -0.4 is 5.32 Å². The van der Waals surface area contributed by atoms with Gasteiger partial charge in [0.25, 0.3) is 0 Å². The SMILES string of the molecule is O=C(O)CCC1CCN(C(=O)NCc2ccco2)CC1. The molecule has 1 saturated heterocycles. The van der Waals surface area contributed by atoms with Crippen molar-refractivity contribution in [1.29, 1.82) is 0 Å². The van der Waals surface area contributed by atoms with Crippen molar-refractivity contribution >= 4 is 12.0 Å². The molecule has 0 radical (unpaired) electrons. The molecule has 0 saturated carbocycles. The zero-order valence-corrected chi connectivity index (χ0v) is 11.4. The first-order valence-electron chi connectivity index (χ1n) is 6.92. The van der Waals surface area contributed by atoms with Gasteiger partial charge < -0.3 is 19.7 Å². The van der Waals surface area contributed by atoms with Crippen molar-refractivity contribution in [3.63, 3.8) is 0 Å². The number of amides is 2. The van der Waals surface area contributed by atoms with Crippen molar-refractivity contribution in [2.24, 2.45) is 5.92 Å². The molecule has 110 valence electrons. The van der Waals surface area contributed by atoms with Gasteiger partial charge in [-0.2, -0.15) is 0 Å². The third-order valence-electron chi connectivity index (χ3n) is 3.66. The molecule has 2 N–H and O–H groups in total. The minimum absolute atomic E-state index is 0.0851. The van der Waals surface area contributed by atoms with E-state index in [-0.39, 0.29) is 12.5 Å². The summed E-state index contributed by atoms with van der Waals surface area (Å²) < 4.78 is 5.15. The topological polar surface area (TPSA) is 82.8 Å². The number of piperidine rings is 1. The number of aliphatic carboxylic acids is 1. The van der Waals surface area contributed by atoms with Gasteiger partial charge in [0.1, 0.15) is 5.76 Å². The number of hydrogen-bond acceptors (Lipinski definition) is 3. The zero-order valence-electron chi connectivity index (χ0n) is 11.4. The lowest BCUT2D eigenvalue weighted by Gasteiger charge is -2.31. The Hall–Kier alpha value is -1.98. The molecular formula is C14H20N2O4. The number of urea groups is 1. The van der Waals surface area contributed by atoms with E-state index < -0.39 is 5.97 Å². The molecule has 1 aromatic rings. The highest BCUT2D eigenvalue weighted by molar-refractivity contribution is 5.74. The van der Waals surface area contributed by atoms with E-state index >= 15 is 0 Å². The smallest absolute Gasteiger partial charge is 0.317 e. The first kappa shape index (κ1) is 14.4. The fourth-order valence-corrected chi connectivity index (χ4v) is 2.44. The number of nitrogens with one attached hydrogen (secondary N) is 1. The molecule has 1 aliphatic rings. The molecule has 20 heavy (non-hydrogen) atoms. The van der Waals surface area contributed by atoms with Crippen LogP contribution in [0, 0.1) is 5.92 Å². The number of carbonyl (C=O) groups excluding carboxylic acids is 1. The van der Waals surface area contributed by atoms with Gasteiger partial charge in [-0.3, -0.25) is 4.79 Å². The third kappa shape index (κ3) is 4.29. The molecule has 1 fully saturated rings. The van der Waals surface area contributed by atoms with Crippen molar-refractivity contribution in [3.8, 4) is 0 Å². The minimum Gasteiger partial charge on any atom is -0.481 e. The number of carbonyl (C=O) groups is 2. The number of hydrogen-bond donors (Lipinski definition) is 2. The van der Waals surface area contributed by atoms with Crippen molar-refractivity contribution in [3.05, 3.63) is 24.2 Å². The molecule has 2 heterocycles. The Bertz CT molecular complexity index is 436. The van der Waals surface area contributed by atoms with E-state index in [4.69, 9.17) is 9.52 Å². The maximum absolute atomic E-state index is 11.9. The molecule has 1 aliphatic heterocycles. The molecule has 1 aromatic heterocycles. The van der Waals surface area contributed by atoms with Crippen LogP contribution in [0.2, 0.25) is 0 Å². The lowest BCUT2D eigenvalue weighted by molar-refractivity contribution is -0.137. The fraction of sp³-hybridized carbons (Fsp3) is 0.571. The average Bonchev–Trinajstić information content (AvgIpc) is 2.96. The van der Waals surface area contributed by atoms with Crippen LogP contribution >= 0.6 is 0 Å². The Morgan fingerprint density at radius 2 is 2.15 bits per heavy atom. The fourth-order valence-electron chi connectivity index (χ4n) is 2.44. The summed E-state index contributed by atoms with van der Waals surface area (Å²) in [5.74, 6) is 0.401. The second-order valence-corrected chi connectivity index (χ2v) is 5.10. The molecule has 6 heteroatoms. The van der Waals surface area contributed by atoms with E-state index in [1.54, 1.807) is 17.2 Å². The first-order chi connectivity index (χ1) is 9.65. The summed E-state index contributed by atoms with van der Waals surface area (Å²) in [6.45, 7) is 1.77. The summed E-state index contributed by atoms with van der Waals surface area (Å²) in [5.41, 5.74) is 0. The third-order valence-corrected chi connectivity index (χ3v) is 3.66. The van der Waals surface area contributed by atoms with Crippen LogP contribution in [-0.2, 0) is 11.3 Å².